The summed E-state index contributed by atoms with van der Waals surface area (Å²) in [6.45, 7) is 2.05. The number of ether oxygens (including phenoxy) is 1. The molecule has 3 aromatic rings. The summed E-state index contributed by atoms with van der Waals surface area (Å²) in [5.41, 5.74) is -0.0260. The molecule has 0 unspecified atom stereocenters. The van der Waals surface area contributed by atoms with Gasteiger partial charge in [0.2, 0.25) is 0 Å². The molecule has 1 N–H and O–H groups in total. The van der Waals surface area contributed by atoms with Crippen LogP contribution in [0.1, 0.15) is 17.5 Å². The van der Waals surface area contributed by atoms with E-state index in [4.69, 9.17) is 32.4 Å². The summed E-state index contributed by atoms with van der Waals surface area (Å²) in [6, 6.07) is 12.7. The second kappa shape index (κ2) is 7.81. The number of hydrogen-bond donors (Lipinski definition) is 1. The van der Waals surface area contributed by atoms with E-state index >= 15 is 0 Å². The minimum absolute atomic E-state index is 0.0662. The number of carbonyl (C=O) groups is 1. The quantitative estimate of drug-likeness (QED) is 0.703. The van der Waals surface area contributed by atoms with Gasteiger partial charge in [0.05, 0.1) is 11.9 Å². The molecule has 134 valence electrons. The lowest BCUT2D eigenvalue weighted by molar-refractivity contribution is 0.0905. The summed E-state index contributed by atoms with van der Waals surface area (Å²) in [5.74, 6) is 0.0827. The minimum Gasteiger partial charge on any atom is -0.489 e. The maximum Gasteiger partial charge on any atom is 0.287 e. The zero-order valence-corrected chi connectivity index (χ0v) is 15.3. The van der Waals surface area contributed by atoms with Gasteiger partial charge >= 0.3 is 0 Å². The molecule has 0 bridgehead atoms. The molecular weight excluding hydrogens is 377 g/mol. The highest BCUT2D eigenvalue weighted by atomic mass is 35.5. The molecule has 0 saturated carbocycles. The smallest absolute Gasteiger partial charge is 0.287 e. The summed E-state index contributed by atoms with van der Waals surface area (Å²) < 4.78 is 11.2. The van der Waals surface area contributed by atoms with Crippen LogP contribution in [0.3, 0.4) is 0 Å². The number of nitrogens with one attached hydrogen (secondary N) is 1. The predicted molar refractivity (Wildman–Crippen MR) is 101 cm³/mol. The molecule has 0 fully saturated rings. The fourth-order valence-corrected chi connectivity index (χ4v) is 2.65. The third-order valence-electron chi connectivity index (χ3n) is 3.61. The zero-order valence-electron chi connectivity index (χ0n) is 13.8. The Labute approximate surface area is 159 Å². The predicted octanol–water partition coefficient (Wildman–Crippen LogP) is 4.30. The van der Waals surface area contributed by atoms with E-state index < -0.39 is 5.91 Å². The molecule has 3 rings (SSSR count). The summed E-state index contributed by atoms with van der Waals surface area (Å²) in [6.07, 6.45) is -0.286. The topological polar surface area (TPSA) is 68.5 Å². The highest BCUT2D eigenvalue weighted by molar-refractivity contribution is 6.31. The van der Waals surface area contributed by atoms with E-state index in [-0.39, 0.29) is 23.8 Å². The van der Waals surface area contributed by atoms with Gasteiger partial charge in [-0.25, -0.2) is 0 Å². The first kappa shape index (κ1) is 18.3. The van der Waals surface area contributed by atoms with Gasteiger partial charge in [-0.3, -0.25) is 9.59 Å². The fourth-order valence-electron chi connectivity index (χ4n) is 2.35. The maximum absolute atomic E-state index is 12.3. The van der Waals surface area contributed by atoms with Crippen molar-refractivity contribution in [2.45, 2.75) is 13.0 Å². The van der Waals surface area contributed by atoms with Crippen LogP contribution in [0.5, 0.6) is 5.75 Å². The Bertz CT molecular complexity index is 999. The number of carbonyl (C=O) groups excluding carboxylic acids is 1. The Balaban J connectivity index is 1.66. The molecule has 26 heavy (non-hydrogen) atoms. The molecule has 1 aromatic heterocycles. The van der Waals surface area contributed by atoms with Crippen LogP contribution in [0.2, 0.25) is 10.0 Å². The average molecular weight is 392 g/mol. The molecule has 1 atom stereocenters. The van der Waals surface area contributed by atoms with E-state index in [1.807, 2.05) is 6.92 Å². The second-order valence-corrected chi connectivity index (χ2v) is 6.58. The van der Waals surface area contributed by atoms with Crippen molar-refractivity contribution in [3.05, 3.63) is 74.6 Å². The molecule has 0 aliphatic carbocycles. The van der Waals surface area contributed by atoms with Crippen LogP contribution in [-0.4, -0.2) is 18.6 Å². The third kappa shape index (κ3) is 4.36. The van der Waals surface area contributed by atoms with E-state index in [1.54, 1.807) is 36.4 Å². The zero-order chi connectivity index (χ0) is 18.7. The van der Waals surface area contributed by atoms with Crippen LogP contribution in [0.4, 0.5) is 0 Å². The first-order chi connectivity index (χ1) is 12.4. The van der Waals surface area contributed by atoms with Crippen LogP contribution in [0.15, 0.2) is 57.7 Å². The van der Waals surface area contributed by atoms with Crippen molar-refractivity contribution in [2.24, 2.45) is 0 Å². The molecule has 2 aromatic carbocycles. The van der Waals surface area contributed by atoms with Gasteiger partial charge < -0.3 is 14.5 Å². The first-order valence-corrected chi connectivity index (χ1v) is 8.62. The van der Waals surface area contributed by atoms with Gasteiger partial charge in [0.15, 0.2) is 11.2 Å². The van der Waals surface area contributed by atoms with Crippen molar-refractivity contribution in [1.29, 1.82) is 0 Å². The largest absolute Gasteiger partial charge is 0.489 e. The van der Waals surface area contributed by atoms with Crippen molar-refractivity contribution < 1.29 is 13.9 Å². The van der Waals surface area contributed by atoms with Gasteiger partial charge in [-0.15, -0.1) is 0 Å². The van der Waals surface area contributed by atoms with Crippen LogP contribution in [-0.2, 0) is 0 Å². The number of hydrogen-bond acceptors (Lipinski definition) is 4. The number of rotatable bonds is 5. The third-order valence-corrected chi connectivity index (χ3v) is 4.10. The summed E-state index contributed by atoms with van der Waals surface area (Å²) in [4.78, 5) is 24.4. The van der Waals surface area contributed by atoms with Crippen molar-refractivity contribution in [2.75, 3.05) is 6.54 Å². The van der Waals surface area contributed by atoms with Crippen LogP contribution >= 0.6 is 23.2 Å². The highest BCUT2D eigenvalue weighted by Gasteiger charge is 2.14. The molecule has 7 heteroatoms. The monoisotopic (exact) mass is 391 g/mol. The molecule has 0 saturated heterocycles. The number of amides is 1. The molecule has 1 heterocycles. The van der Waals surface area contributed by atoms with Crippen molar-refractivity contribution in [1.82, 2.24) is 5.32 Å². The van der Waals surface area contributed by atoms with Gasteiger partial charge in [-0.05, 0) is 49.4 Å². The average Bonchev–Trinajstić information content (AvgIpc) is 2.62. The van der Waals surface area contributed by atoms with Gasteiger partial charge in [-0.1, -0.05) is 23.2 Å². The van der Waals surface area contributed by atoms with Gasteiger partial charge in [0, 0.05) is 16.1 Å². The standard InChI is InChI=1S/C19H15Cl2NO4/c1-11(25-14-5-2-12(20)3-6-14)10-22-19(24)18-9-16(23)15-8-13(21)4-7-17(15)26-18/h2-9,11H,10H2,1H3,(H,22,24)/t11-/m1/s1. The van der Waals surface area contributed by atoms with Crippen molar-refractivity contribution >= 4 is 40.1 Å². The summed E-state index contributed by atoms with van der Waals surface area (Å²) in [7, 11) is 0. The molecule has 0 radical (unpaired) electrons. The van der Waals surface area contributed by atoms with Gasteiger partial charge in [-0.2, -0.15) is 0 Å². The van der Waals surface area contributed by atoms with Crippen molar-refractivity contribution in [3.8, 4) is 5.75 Å². The lowest BCUT2D eigenvalue weighted by Gasteiger charge is -2.15. The number of benzene rings is 2. The number of halogens is 2. The number of fused-ring (bicyclic) bond motifs is 1. The van der Waals surface area contributed by atoms with Crippen LogP contribution in [0, 0.1) is 0 Å². The van der Waals surface area contributed by atoms with E-state index in [2.05, 4.69) is 5.32 Å². The van der Waals surface area contributed by atoms with Crippen LogP contribution in [0.25, 0.3) is 11.0 Å². The van der Waals surface area contributed by atoms with E-state index in [0.717, 1.165) is 6.07 Å². The minimum atomic E-state index is -0.495. The Kier molecular flexibility index (Phi) is 5.49. The SMILES string of the molecule is C[C@H](CNC(=O)c1cc(=O)c2cc(Cl)ccc2o1)Oc1ccc(Cl)cc1. The normalized spacial score (nSPS) is 12.0. The summed E-state index contributed by atoms with van der Waals surface area (Å²) in [5, 5.41) is 4.05. The molecule has 0 spiro atoms. The Hall–Kier alpha value is -2.50. The molecular formula is C19H15Cl2NO4. The Morgan fingerprint density at radius 3 is 2.54 bits per heavy atom. The fraction of sp³-hybridized carbons (Fsp3) is 0.158. The first-order valence-electron chi connectivity index (χ1n) is 7.86. The molecule has 5 nitrogen and oxygen atoms in total. The lowest BCUT2D eigenvalue weighted by Crippen LogP contribution is -2.33. The van der Waals surface area contributed by atoms with Crippen molar-refractivity contribution in [3.63, 3.8) is 0 Å². The van der Waals surface area contributed by atoms with Gasteiger partial charge in [0.1, 0.15) is 17.4 Å². The Morgan fingerprint density at radius 2 is 1.81 bits per heavy atom. The summed E-state index contributed by atoms with van der Waals surface area (Å²) >= 11 is 11.7. The molecule has 1 amide bonds. The van der Waals surface area contributed by atoms with E-state index in [0.29, 0.717) is 26.8 Å². The molecule has 0 aliphatic rings. The lowest BCUT2D eigenvalue weighted by atomic mass is 10.2. The van der Waals surface area contributed by atoms with E-state index in [9.17, 15) is 9.59 Å². The maximum atomic E-state index is 12.3. The Morgan fingerprint density at radius 1 is 1.12 bits per heavy atom. The van der Waals surface area contributed by atoms with Crippen LogP contribution < -0.4 is 15.5 Å². The second-order valence-electron chi connectivity index (χ2n) is 5.71. The highest BCUT2D eigenvalue weighted by Crippen LogP contribution is 2.18. The van der Waals surface area contributed by atoms with E-state index in [1.165, 1.54) is 6.07 Å². The molecule has 0 aliphatic heterocycles. The van der Waals surface area contributed by atoms with Gasteiger partial charge in [0.25, 0.3) is 5.91 Å².